The van der Waals surface area contributed by atoms with E-state index in [0.29, 0.717) is 48.9 Å². The molecule has 1 aliphatic carbocycles. The maximum Gasteiger partial charge on any atom is 0.229 e. The lowest BCUT2D eigenvalue weighted by Gasteiger charge is -2.32. The van der Waals surface area contributed by atoms with Crippen LogP contribution < -0.4 is 10.2 Å². The van der Waals surface area contributed by atoms with Crippen molar-refractivity contribution >= 4 is 45.7 Å². The molecule has 1 aromatic heterocycles. The Kier molecular flexibility index (Phi) is 6.44. The molecule has 8 nitrogen and oxygen atoms in total. The Hall–Kier alpha value is -3.07. The van der Waals surface area contributed by atoms with Crippen molar-refractivity contribution in [3.63, 3.8) is 0 Å². The second kappa shape index (κ2) is 9.42. The van der Waals surface area contributed by atoms with E-state index in [2.05, 4.69) is 24.1 Å². The van der Waals surface area contributed by atoms with Crippen molar-refractivity contribution in [2.45, 2.75) is 52.9 Å². The van der Waals surface area contributed by atoms with Crippen LogP contribution in [0.25, 0.3) is 0 Å². The Bertz CT molecular complexity index is 1210. The number of nitrogens with one attached hydrogen (secondary N) is 1. The van der Waals surface area contributed by atoms with Crippen LogP contribution in [0.4, 0.5) is 10.8 Å². The molecule has 190 valence electrons. The van der Waals surface area contributed by atoms with E-state index in [1.165, 1.54) is 11.3 Å². The lowest BCUT2D eigenvalue weighted by Crippen LogP contribution is -2.44. The van der Waals surface area contributed by atoms with E-state index in [4.69, 9.17) is 0 Å². The lowest BCUT2D eigenvalue weighted by molar-refractivity contribution is -0.138. The molecule has 0 radical (unpaired) electrons. The monoisotopic (exact) mass is 508 g/mol. The molecule has 2 aliphatic heterocycles. The minimum absolute atomic E-state index is 0.00875. The number of thiazole rings is 1. The van der Waals surface area contributed by atoms with Gasteiger partial charge in [0.05, 0.1) is 16.5 Å². The van der Waals surface area contributed by atoms with Crippen LogP contribution in [0, 0.1) is 24.2 Å². The van der Waals surface area contributed by atoms with E-state index in [-0.39, 0.29) is 47.2 Å². The number of nitrogens with zero attached hydrogens (tertiary/aromatic N) is 3. The number of likely N-dealkylation sites (tertiary alicyclic amines) is 1. The minimum Gasteiger partial charge on any atom is -0.342 e. The lowest BCUT2D eigenvalue weighted by atomic mass is 9.78. The molecule has 3 heterocycles. The standard InChI is InChI=1S/C27H32N4O4S/c1-16-4-6-19(7-5-16)31-15-18(12-22(31)33)25(35)30-10-8-17(9-11-30)24(34)29-26-28-20-13-27(2,3)14-21(32)23(20)36-26/h4-7,17-18H,8-15H2,1-3H3,(H,28,29,34). The summed E-state index contributed by atoms with van der Waals surface area (Å²) in [5, 5.41) is 3.39. The number of aryl methyl sites for hydroxylation is 1. The molecule has 2 saturated heterocycles. The first-order valence-electron chi connectivity index (χ1n) is 12.6. The summed E-state index contributed by atoms with van der Waals surface area (Å²) in [6.45, 7) is 7.49. The molecular weight excluding hydrogens is 476 g/mol. The van der Waals surface area contributed by atoms with Crippen LogP contribution in [0.1, 0.15) is 60.5 Å². The SMILES string of the molecule is Cc1ccc(N2CC(C(=O)N3CCC(C(=O)Nc4nc5c(s4)C(=O)CC(C)(C)C5)CC3)CC2=O)cc1. The van der Waals surface area contributed by atoms with E-state index in [1.807, 2.05) is 31.2 Å². The van der Waals surface area contributed by atoms with Crippen molar-refractivity contribution in [1.29, 1.82) is 0 Å². The number of piperidine rings is 1. The Morgan fingerprint density at radius 3 is 2.44 bits per heavy atom. The number of hydrogen-bond donors (Lipinski definition) is 1. The molecule has 3 aliphatic rings. The number of amides is 3. The van der Waals surface area contributed by atoms with Crippen LogP contribution in [-0.2, 0) is 20.8 Å². The summed E-state index contributed by atoms with van der Waals surface area (Å²) >= 11 is 1.26. The smallest absolute Gasteiger partial charge is 0.229 e. The fourth-order valence-electron chi connectivity index (χ4n) is 5.45. The Morgan fingerprint density at radius 1 is 1.06 bits per heavy atom. The van der Waals surface area contributed by atoms with Crippen molar-refractivity contribution in [1.82, 2.24) is 9.88 Å². The summed E-state index contributed by atoms with van der Waals surface area (Å²) in [5.41, 5.74) is 2.62. The van der Waals surface area contributed by atoms with Crippen molar-refractivity contribution < 1.29 is 19.2 Å². The minimum atomic E-state index is -0.354. The Balaban J connectivity index is 1.14. The molecule has 1 aromatic carbocycles. The van der Waals surface area contributed by atoms with Gasteiger partial charge in [-0.25, -0.2) is 4.98 Å². The number of ketones is 1. The number of anilines is 2. The number of hydrogen-bond acceptors (Lipinski definition) is 6. The van der Waals surface area contributed by atoms with Crippen LogP contribution in [0.3, 0.4) is 0 Å². The number of rotatable bonds is 4. The average Bonchev–Trinajstić information content (AvgIpc) is 3.41. The van der Waals surface area contributed by atoms with Crippen LogP contribution >= 0.6 is 11.3 Å². The van der Waals surface area contributed by atoms with Gasteiger partial charge in [0.25, 0.3) is 0 Å². The van der Waals surface area contributed by atoms with Gasteiger partial charge in [-0.1, -0.05) is 42.9 Å². The van der Waals surface area contributed by atoms with Crippen LogP contribution in [0.5, 0.6) is 0 Å². The Morgan fingerprint density at radius 2 is 1.75 bits per heavy atom. The summed E-state index contributed by atoms with van der Waals surface area (Å²) in [6, 6.07) is 7.76. The fourth-order valence-corrected chi connectivity index (χ4v) is 6.37. The highest BCUT2D eigenvalue weighted by molar-refractivity contribution is 7.17. The molecule has 36 heavy (non-hydrogen) atoms. The average molecular weight is 509 g/mol. The number of aromatic nitrogens is 1. The third-order valence-corrected chi connectivity index (χ3v) is 8.52. The summed E-state index contributed by atoms with van der Waals surface area (Å²) in [4.78, 5) is 59.8. The van der Waals surface area contributed by atoms with E-state index in [1.54, 1.807) is 9.80 Å². The van der Waals surface area contributed by atoms with Gasteiger partial charge in [0.1, 0.15) is 0 Å². The molecule has 3 amide bonds. The van der Waals surface area contributed by atoms with Gasteiger partial charge < -0.3 is 15.1 Å². The third kappa shape index (κ3) is 4.93. The van der Waals surface area contributed by atoms with Gasteiger partial charge in [-0.15, -0.1) is 0 Å². The normalized spacial score (nSPS) is 22.0. The second-order valence-corrected chi connectivity index (χ2v) is 12.1. The number of carbonyl (C=O) groups excluding carboxylic acids is 4. The molecule has 5 rings (SSSR count). The van der Waals surface area contributed by atoms with Gasteiger partial charge in [0.15, 0.2) is 10.9 Å². The number of Topliss-reactive ketones (excluding diaryl/α,β-unsaturated/α-hetero) is 1. The zero-order chi connectivity index (χ0) is 25.6. The van der Waals surface area contributed by atoms with E-state index in [0.717, 1.165) is 23.4 Å². The molecule has 0 saturated carbocycles. The first kappa shape index (κ1) is 24.6. The molecule has 9 heteroatoms. The van der Waals surface area contributed by atoms with Crippen molar-refractivity contribution in [3.8, 4) is 0 Å². The van der Waals surface area contributed by atoms with E-state index >= 15 is 0 Å². The molecule has 1 N–H and O–H groups in total. The van der Waals surface area contributed by atoms with Crippen molar-refractivity contribution in [3.05, 3.63) is 40.4 Å². The zero-order valence-corrected chi connectivity index (χ0v) is 21.8. The van der Waals surface area contributed by atoms with E-state index in [9.17, 15) is 19.2 Å². The van der Waals surface area contributed by atoms with Gasteiger partial charge >= 0.3 is 0 Å². The second-order valence-electron chi connectivity index (χ2n) is 11.1. The number of fused-ring (bicyclic) bond motifs is 1. The first-order valence-corrected chi connectivity index (χ1v) is 13.4. The molecule has 1 atom stereocenters. The summed E-state index contributed by atoms with van der Waals surface area (Å²) in [6.07, 6.45) is 2.58. The van der Waals surface area contributed by atoms with E-state index < -0.39 is 0 Å². The molecular formula is C27H32N4O4S. The molecule has 2 fully saturated rings. The third-order valence-electron chi connectivity index (χ3n) is 7.46. The van der Waals surface area contributed by atoms with Crippen molar-refractivity contribution in [2.24, 2.45) is 17.3 Å². The Labute approximate surface area is 215 Å². The zero-order valence-electron chi connectivity index (χ0n) is 21.0. The van der Waals surface area contributed by atoms with Crippen LogP contribution in [-0.4, -0.2) is 53.0 Å². The quantitative estimate of drug-likeness (QED) is 0.677. The maximum absolute atomic E-state index is 13.1. The largest absolute Gasteiger partial charge is 0.342 e. The number of benzene rings is 1. The predicted octanol–water partition coefficient (Wildman–Crippen LogP) is 3.84. The van der Waals surface area contributed by atoms with Gasteiger partial charge in [0.2, 0.25) is 17.7 Å². The fraction of sp³-hybridized carbons (Fsp3) is 0.519. The highest BCUT2D eigenvalue weighted by Gasteiger charge is 2.39. The number of carbonyl (C=O) groups is 4. The van der Waals surface area contributed by atoms with Gasteiger partial charge in [0, 0.05) is 44.1 Å². The van der Waals surface area contributed by atoms with Crippen LogP contribution in [0.2, 0.25) is 0 Å². The highest BCUT2D eigenvalue weighted by Crippen LogP contribution is 2.38. The first-order chi connectivity index (χ1) is 17.1. The molecule has 0 bridgehead atoms. The molecule has 2 aromatic rings. The summed E-state index contributed by atoms with van der Waals surface area (Å²) < 4.78 is 0. The topological polar surface area (TPSA) is 99.7 Å². The summed E-state index contributed by atoms with van der Waals surface area (Å²) in [5.74, 6) is -0.618. The van der Waals surface area contributed by atoms with Gasteiger partial charge in [-0.3, -0.25) is 19.2 Å². The van der Waals surface area contributed by atoms with Crippen molar-refractivity contribution in [2.75, 3.05) is 29.9 Å². The highest BCUT2D eigenvalue weighted by atomic mass is 32.1. The van der Waals surface area contributed by atoms with Gasteiger partial charge in [-0.2, -0.15) is 0 Å². The van der Waals surface area contributed by atoms with Gasteiger partial charge in [-0.05, 0) is 43.7 Å². The summed E-state index contributed by atoms with van der Waals surface area (Å²) in [7, 11) is 0. The molecule has 0 spiro atoms. The maximum atomic E-state index is 13.1. The molecule has 1 unspecified atom stereocenters. The predicted molar refractivity (Wildman–Crippen MR) is 138 cm³/mol. The van der Waals surface area contributed by atoms with Crippen LogP contribution in [0.15, 0.2) is 24.3 Å².